The van der Waals surface area contributed by atoms with Crippen LogP contribution in [0.1, 0.15) is 18.4 Å². The van der Waals surface area contributed by atoms with Crippen molar-refractivity contribution in [3.8, 4) is 0 Å². The lowest BCUT2D eigenvalue weighted by atomic mass is 10.2. The number of hydrogen-bond donors (Lipinski definition) is 1. The largest absolute Gasteiger partial charge is 0.322 e. The molecule has 1 N–H and O–H groups in total. The molecule has 0 aliphatic carbocycles. The Labute approximate surface area is 176 Å². The minimum absolute atomic E-state index is 0.180. The number of carbonyl (C=O) groups is 1. The molecule has 2 aromatic rings. The number of hydrogen-bond acceptors (Lipinski definition) is 2. The van der Waals surface area contributed by atoms with Gasteiger partial charge in [0, 0.05) is 19.6 Å². The van der Waals surface area contributed by atoms with Crippen molar-refractivity contribution in [1.29, 1.82) is 0 Å². The summed E-state index contributed by atoms with van der Waals surface area (Å²) in [5.74, 6) is 0. The van der Waals surface area contributed by atoms with E-state index in [0.29, 0.717) is 28.8 Å². The van der Waals surface area contributed by atoms with Crippen molar-refractivity contribution in [2.24, 2.45) is 0 Å². The second-order valence-electron chi connectivity index (χ2n) is 6.84. The van der Waals surface area contributed by atoms with Crippen molar-refractivity contribution in [1.82, 2.24) is 9.80 Å². The van der Waals surface area contributed by atoms with Gasteiger partial charge in [-0.05, 0) is 43.6 Å². The molecular formula is C22H25Cl2N3O. The van der Waals surface area contributed by atoms with Crippen LogP contribution in [0.5, 0.6) is 0 Å². The van der Waals surface area contributed by atoms with Crippen molar-refractivity contribution < 1.29 is 4.79 Å². The van der Waals surface area contributed by atoms with Crippen molar-refractivity contribution in [2.45, 2.75) is 12.8 Å². The second kappa shape index (κ2) is 10.5. The van der Waals surface area contributed by atoms with Crippen LogP contribution in [0.25, 0.3) is 6.08 Å². The SMILES string of the molecule is O=C(Nc1cccc(Cl)c1Cl)N(C/C=C/c1ccccc1)CCN1CCCC1. The van der Waals surface area contributed by atoms with Gasteiger partial charge in [0.2, 0.25) is 0 Å². The highest BCUT2D eigenvalue weighted by molar-refractivity contribution is 6.43. The third-order valence-corrected chi connectivity index (χ3v) is 5.62. The summed E-state index contributed by atoms with van der Waals surface area (Å²) < 4.78 is 0. The molecule has 0 radical (unpaired) electrons. The van der Waals surface area contributed by atoms with E-state index in [1.807, 2.05) is 42.5 Å². The van der Waals surface area contributed by atoms with Crippen LogP contribution in [0.15, 0.2) is 54.6 Å². The van der Waals surface area contributed by atoms with Gasteiger partial charge in [-0.1, -0.05) is 71.8 Å². The molecule has 1 aliphatic heterocycles. The quantitative estimate of drug-likeness (QED) is 0.632. The van der Waals surface area contributed by atoms with Crippen molar-refractivity contribution in [2.75, 3.05) is 38.0 Å². The molecule has 0 atom stereocenters. The fraction of sp³-hybridized carbons (Fsp3) is 0.318. The van der Waals surface area contributed by atoms with E-state index >= 15 is 0 Å². The number of urea groups is 1. The molecule has 1 heterocycles. The Morgan fingerprint density at radius 3 is 2.57 bits per heavy atom. The van der Waals surface area contributed by atoms with Gasteiger partial charge in [-0.3, -0.25) is 0 Å². The minimum Gasteiger partial charge on any atom is -0.320 e. The number of amides is 2. The zero-order valence-electron chi connectivity index (χ0n) is 15.8. The van der Waals surface area contributed by atoms with Gasteiger partial charge in [0.05, 0.1) is 15.7 Å². The molecule has 2 aromatic carbocycles. The van der Waals surface area contributed by atoms with Crippen LogP contribution in [0.4, 0.5) is 10.5 Å². The fourth-order valence-electron chi connectivity index (χ4n) is 3.22. The topological polar surface area (TPSA) is 35.6 Å². The van der Waals surface area contributed by atoms with Crippen molar-refractivity contribution in [3.63, 3.8) is 0 Å². The Morgan fingerprint density at radius 1 is 1.07 bits per heavy atom. The van der Waals surface area contributed by atoms with Gasteiger partial charge < -0.3 is 15.1 Å². The molecular weight excluding hydrogens is 393 g/mol. The van der Waals surface area contributed by atoms with Crippen molar-refractivity contribution >= 4 is 41.0 Å². The van der Waals surface area contributed by atoms with Gasteiger partial charge in [0.1, 0.15) is 0 Å². The van der Waals surface area contributed by atoms with E-state index in [9.17, 15) is 4.79 Å². The predicted octanol–water partition coefficient (Wildman–Crippen LogP) is 5.64. The van der Waals surface area contributed by atoms with Crippen molar-refractivity contribution in [3.05, 3.63) is 70.2 Å². The normalized spacial score (nSPS) is 14.5. The molecule has 148 valence electrons. The molecule has 4 nitrogen and oxygen atoms in total. The number of nitrogens with zero attached hydrogens (tertiary/aromatic N) is 2. The summed E-state index contributed by atoms with van der Waals surface area (Å²) >= 11 is 12.3. The van der Waals surface area contributed by atoms with Crippen LogP contribution < -0.4 is 5.32 Å². The molecule has 3 rings (SSSR count). The lowest BCUT2D eigenvalue weighted by molar-refractivity contribution is 0.207. The molecule has 2 amide bonds. The van der Waals surface area contributed by atoms with Gasteiger partial charge in [0.25, 0.3) is 0 Å². The van der Waals surface area contributed by atoms with Crippen LogP contribution in [0.2, 0.25) is 10.0 Å². The Morgan fingerprint density at radius 2 is 1.82 bits per heavy atom. The third-order valence-electron chi connectivity index (χ3n) is 4.80. The van der Waals surface area contributed by atoms with Gasteiger partial charge in [-0.15, -0.1) is 0 Å². The maximum absolute atomic E-state index is 12.9. The van der Waals surface area contributed by atoms with Gasteiger partial charge in [-0.2, -0.15) is 0 Å². The number of benzene rings is 2. The van der Waals surface area contributed by atoms with Crippen LogP contribution in [0.3, 0.4) is 0 Å². The average molecular weight is 418 g/mol. The fourth-order valence-corrected chi connectivity index (χ4v) is 3.57. The minimum atomic E-state index is -0.180. The lowest BCUT2D eigenvalue weighted by Gasteiger charge is -2.25. The second-order valence-corrected chi connectivity index (χ2v) is 7.62. The maximum atomic E-state index is 12.9. The molecule has 6 heteroatoms. The van der Waals surface area contributed by atoms with Gasteiger partial charge in [0.15, 0.2) is 0 Å². The van der Waals surface area contributed by atoms with Crippen LogP contribution in [0, 0.1) is 0 Å². The number of likely N-dealkylation sites (tertiary alicyclic amines) is 1. The van der Waals surface area contributed by atoms with Crippen LogP contribution in [-0.4, -0.2) is 48.6 Å². The highest BCUT2D eigenvalue weighted by atomic mass is 35.5. The van der Waals surface area contributed by atoms with E-state index in [0.717, 1.165) is 25.2 Å². The summed E-state index contributed by atoms with van der Waals surface area (Å²) in [6.45, 7) is 4.26. The smallest absolute Gasteiger partial charge is 0.320 e. The summed E-state index contributed by atoms with van der Waals surface area (Å²) in [6, 6.07) is 15.1. The third kappa shape index (κ3) is 5.99. The average Bonchev–Trinajstić information content (AvgIpc) is 3.22. The lowest BCUT2D eigenvalue weighted by Crippen LogP contribution is -2.40. The molecule has 0 bridgehead atoms. The molecule has 0 saturated carbocycles. The predicted molar refractivity (Wildman–Crippen MR) is 118 cm³/mol. The molecule has 0 spiro atoms. The first kappa shape index (κ1) is 20.7. The zero-order chi connectivity index (χ0) is 19.8. The van der Waals surface area contributed by atoms with E-state index in [1.54, 1.807) is 23.1 Å². The Balaban J connectivity index is 1.65. The van der Waals surface area contributed by atoms with Crippen LogP contribution >= 0.6 is 23.2 Å². The summed E-state index contributed by atoms with van der Waals surface area (Å²) in [5, 5.41) is 3.67. The first-order valence-corrected chi connectivity index (χ1v) is 10.3. The molecule has 1 fully saturated rings. The van der Waals surface area contributed by atoms with Crippen LogP contribution in [-0.2, 0) is 0 Å². The van der Waals surface area contributed by atoms with E-state index in [-0.39, 0.29) is 6.03 Å². The van der Waals surface area contributed by atoms with E-state index < -0.39 is 0 Å². The summed E-state index contributed by atoms with van der Waals surface area (Å²) in [6.07, 6.45) is 6.51. The standard InChI is InChI=1S/C22H25Cl2N3O/c23-19-11-6-12-20(21(19)24)25-22(28)27(17-16-26-13-4-5-14-26)15-7-10-18-8-2-1-3-9-18/h1-3,6-12H,4-5,13-17H2,(H,25,28)/b10-7+. The molecule has 1 saturated heterocycles. The molecule has 28 heavy (non-hydrogen) atoms. The number of rotatable bonds is 7. The van der Waals surface area contributed by atoms with Gasteiger partial charge >= 0.3 is 6.03 Å². The zero-order valence-corrected chi connectivity index (χ0v) is 17.3. The van der Waals surface area contributed by atoms with Gasteiger partial charge in [-0.25, -0.2) is 4.79 Å². The van der Waals surface area contributed by atoms with E-state index in [4.69, 9.17) is 23.2 Å². The Bertz CT molecular complexity index is 805. The summed E-state index contributed by atoms with van der Waals surface area (Å²) in [7, 11) is 0. The van der Waals surface area contributed by atoms with E-state index in [2.05, 4.69) is 10.2 Å². The summed E-state index contributed by atoms with van der Waals surface area (Å²) in [4.78, 5) is 17.1. The number of anilines is 1. The number of carbonyl (C=O) groups excluding carboxylic acids is 1. The molecule has 0 aromatic heterocycles. The molecule has 0 unspecified atom stereocenters. The Kier molecular flexibility index (Phi) is 7.78. The molecule has 1 aliphatic rings. The first-order valence-electron chi connectivity index (χ1n) is 9.57. The first-order chi connectivity index (χ1) is 13.6. The Hall–Kier alpha value is -2.01. The maximum Gasteiger partial charge on any atom is 0.322 e. The highest BCUT2D eigenvalue weighted by Gasteiger charge is 2.17. The summed E-state index contributed by atoms with van der Waals surface area (Å²) in [5.41, 5.74) is 1.64. The van der Waals surface area contributed by atoms with E-state index in [1.165, 1.54) is 12.8 Å². The highest BCUT2D eigenvalue weighted by Crippen LogP contribution is 2.29. The number of halogens is 2. The number of nitrogens with one attached hydrogen (secondary N) is 1. The monoisotopic (exact) mass is 417 g/mol.